The highest BCUT2D eigenvalue weighted by Gasteiger charge is 2.47. The first kappa shape index (κ1) is 30.9. The quantitative estimate of drug-likeness (QED) is 0.159. The first-order chi connectivity index (χ1) is 20.4. The third-order valence-electron chi connectivity index (χ3n) is 7.40. The maximum absolute atomic E-state index is 12.8. The molecule has 3 heterocycles. The Morgan fingerprint density at radius 2 is 1.49 bits per heavy atom. The van der Waals surface area contributed by atoms with Crippen LogP contribution in [0.2, 0.25) is 0 Å². The molecular formula is C28H32O15. The van der Waals surface area contributed by atoms with E-state index >= 15 is 0 Å². The number of ether oxygens (including phenoxy) is 5. The minimum absolute atomic E-state index is 0.0517. The van der Waals surface area contributed by atoms with Crippen molar-refractivity contribution in [3.63, 3.8) is 0 Å². The molecule has 2 saturated heterocycles. The predicted octanol–water partition coefficient (Wildman–Crippen LogP) is -1.09. The summed E-state index contributed by atoms with van der Waals surface area (Å²) in [5, 5.41) is 82.0. The maximum atomic E-state index is 12.8. The number of hydrogen-bond donors (Lipinski definition) is 8. The number of methoxy groups -OCH3 is 1. The normalized spacial score (nSPS) is 32.9. The standard InChI is InChI=1S/C28H32O15/c1-10-21(32)23(34)25(36)27(40-10)39-9-19-22(33)24(35)26(37)28(43-19)41-12-6-14(30)20-15(31)8-17(42-18(20)7-12)11-3-4-16(38-2)13(29)5-11/h3-8,10,19,21-30,32-37H,9H2,1-2H3/t10-,19+,21+,22-,23-,24+,25+,26+,27+,28+/m0/s1. The third-order valence-corrected chi connectivity index (χ3v) is 7.40. The van der Waals surface area contributed by atoms with E-state index in [1.165, 1.54) is 32.2 Å². The summed E-state index contributed by atoms with van der Waals surface area (Å²) in [6.45, 7) is 0.953. The Morgan fingerprint density at radius 3 is 2.19 bits per heavy atom. The van der Waals surface area contributed by atoms with Crippen molar-refractivity contribution in [3.8, 4) is 34.3 Å². The summed E-state index contributed by atoms with van der Waals surface area (Å²) in [4.78, 5) is 12.8. The highest BCUT2D eigenvalue weighted by molar-refractivity contribution is 5.86. The lowest BCUT2D eigenvalue weighted by molar-refractivity contribution is -0.318. The number of aliphatic hydroxyl groups is 6. The van der Waals surface area contributed by atoms with E-state index in [9.17, 15) is 45.6 Å². The van der Waals surface area contributed by atoms with Crippen LogP contribution in [0.25, 0.3) is 22.3 Å². The van der Waals surface area contributed by atoms with E-state index < -0.39 is 79.2 Å². The SMILES string of the molecule is COc1ccc(-c2cc(=O)c3c(O)cc(O[C@@H]4O[C@H](CO[C@@H]5O[C@@H](C)[C@@H](O)[C@H](O)[C@H]5O)[C@H](O)[C@@H](O)[C@H]4O)cc3o2)cc1O. The van der Waals surface area contributed by atoms with Crippen molar-refractivity contribution in [2.75, 3.05) is 13.7 Å². The Morgan fingerprint density at radius 1 is 0.791 bits per heavy atom. The molecule has 0 radical (unpaired) electrons. The third kappa shape index (κ3) is 5.99. The summed E-state index contributed by atoms with van der Waals surface area (Å²) in [6.07, 6.45) is -15.0. The van der Waals surface area contributed by atoms with Crippen molar-refractivity contribution in [1.29, 1.82) is 0 Å². The van der Waals surface area contributed by atoms with Gasteiger partial charge in [0.2, 0.25) is 6.29 Å². The molecule has 5 rings (SSSR count). The Hall–Kier alpha value is -3.51. The number of aromatic hydroxyl groups is 2. The molecule has 2 fully saturated rings. The summed E-state index contributed by atoms with van der Waals surface area (Å²) < 4.78 is 32.9. The van der Waals surface area contributed by atoms with E-state index in [0.29, 0.717) is 5.56 Å². The zero-order valence-corrected chi connectivity index (χ0v) is 22.9. The second-order valence-corrected chi connectivity index (χ2v) is 10.3. The van der Waals surface area contributed by atoms with Crippen LogP contribution in [0, 0.1) is 0 Å². The summed E-state index contributed by atoms with van der Waals surface area (Å²) in [7, 11) is 1.38. The molecule has 0 aliphatic carbocycles. The van der Waals surface area contributed by atoms with Gasteiger partial charge in [0.1, 0.15) is 71.0 Å². The summed E-state index contributed by atoms with van der Waals surface area (Å²) in [5.74, 6) is -0.605. The number of hydrogen-bond acceptors (Lipinski definition) is 15. The molecule has 0 bridgehead atoms. The molecular weight excluding hydrogens is 576 g/mol. The molecule has 2 aliphatic heterocycles. The highest BCUT2D eigenvalue weighted by atomic mass is 16.7. The second-order valence-electron chi connectivity index (χ2n) is 10.3. The Bertz CT molecular complexity index is 1510. The lowest BCUT2D eigenvalue weighted by Crippen LogP contribution is -2.61. The van der Waals surface area contributed by atoms with Crippen molar-refractivity contribution < 1.29 is 69.0 Å². The average molecular weight is 609 g/mol. The highest BCUT2D eigenvalue weighted by Crippen LogP contribution is 2.35. The van der Waals surface area contributed by atoms with Crippen molar-refractivity contribution in [2.24, 2.45) is 0 Å². The number of rotatable bonds is 7. The number of aliphatic hydroxyl groups excluding tert-OH is 6. The van der Waals surface area contributed by atoms with Gasteiger partial charge in [-0.25, -0.2) is 0 Å². The van der Waals surface area contributed by atoms with E-state index in [1.54, 1.807) is 6.07 Å². The number of fused-ring (bicyclic) bond motifs is 1. The van der Waals surface area contributed by atoms with Crippen LogP contribution in [0.5, 0.6) is 23.0 Å². The van der Waals surface area contributed by atoms with E-state index in [1.807, 2.05) is 0 Å². The van der Waals surface area contributed by atoms with E-state index in [4.69, 9.17) is 28.1 Å². The zero-order valence-electron chi connectivity index (χ0n) is 22.9. The lowest BCUT2D eigenvalue weighted by atomic mass is 9.98. The first-order valence-electron chi connectivity index (χ1n) is 13.3. The molecule has 0 spiro atoms. The van der Waals surface area contributed by atoms with Crippen molar-refractivity contribution in [2.45, 2.75) is 68.3 Å². The fraction of sp³-hybridized carbons (Fsp3) is 0.464. The summed E-state index contributed by atoms with van der Waals surface area (Å²) in [5.41, 5.74) is -0.381. The van der Waals surface area contributed by atoms with Gasteiger partial charge in [-0.15, -0.1) is 0 Å². The van der Waals surface area contributed by atoms with Crippen LogP contribution in [0.3, 0.4) is 0 Å². The Balaban J connectivity index is 1.36. The van der Waals surface area contributed by atoms with Crippen LogP contribution in [0.15, 0.2) is 45.6 Å². The topological polar surface area (TPSA) is 238 Å². The summed E-state index contributed by atoms with van der Waals surface area (Å²) >= 11 is 0. The van der Waals surface area contributed by atoms with Gasteiger partial charge in [0.25, 0.3) is 0 Å². The molecule has 1 aromatic heterocycles. The summed E-state index contributed by atoms with van der Waals surface area (Å²) in [6, 6.07) is 7.78. The van der Waals surface area contributed by atoms with Crippen molar-refractivity contribution >= 4 is 11.0 Å². The van der Waals surface area contributed by atoms with Crippen LogP contribution in [-0.4, -0.2) is 116 Å². The molecule has 2 aliphatic rings. The van der Waals surface area contributed by atoms with Crippen LogP contribution in [0.1, 0.15) is 6.92 Å². The molecule has 2 aromatic carbocycles. The van der Waals surface area contributed by atoms with Gasteiger partial charge in [-0.3, -0.25) is 4.79 Å². The van der Waals surface area contributed by atoms with E-state index in [2.05, 4.69) is 0 Å². The van der Waals surface area contributed by atoms with Crippen LogP contribution in [0.4, 0.5) is 0 Å². The molecule has 0 saturated carbocycles. The molecule has 234 valence electrons. The molecule has 15 nitrogen and oxygen atoms in total. The Labute approximate surface area is 243 Å². The molecule has 10 atom stereocenters. The van der Waals surface area contributed by atoms with Crippen LogP contribution >= 0.6 is 0 Å². The van der Waals surface area contributed by atoms with Gasteiger partial charge in [0, 0.05) is 23.8 Å². The van der Waals surface area contributed by atoms with Gasteiger partial charge >= 0.3 is 0 Å². The van der Waals surface area contributed by atoms with Gasteiger partial charge < -0.3 is 69.0 Å². The molecule has 0 unspecified atom stereocenters. The van der Waals surface area contributed by atoms with Crippen LogP contribution in [-0.2, 0) is 14.2 Å². The van der Waals surface area contributed by atoms with Gasteiger partial charge in [-0.1, -0.05) is 0 Å². The smallest absolute Gasteiger partial charge is 0.229 e. The largest absolute Gasteiger partial charge is 0.507 e. The molecule has 43 heavy (non-hydrogen) atoms. The first-order valence-corrected chi connectivity index (χ1v) is 13.3. The minimum Gasteiger partial charge on any atom is -0.507 e. The van der Waals surface area contributed by atoms with Gasteiger partial charge in [0.05, 0.1) is 19.8 Å². The van der Waals surface area contributed by atoms with E-state index in [0.717, 1.165) is 12.1 Å². The zero-order chi connectivity index (χ0) is 31.2. The maximum Gasteiger partial charge on any atom is 0.229 e. The fourth-order valence-corrected chi connectivity index (χ4v) is 4.92. The van der Waals surface area contributed by atoms with Crippen molar-refractivity contribution in [3.05, 3.63) is 46.6 Å². The van der Waals surface area contributed by atoms with Crippen molar-refractivity contribution in [1.82, 2.24) is 0 Å². The predicted molar refractivity (Wildman–Crippen MR) is 143 cm³/mol. The van der Waals surface area contributed by atoms with Gasteiger partial charge in [-0.2, -0.15) is 0 Å². The lowest BCUT2D eigenvalue weighted by Gasteiger charge is -2.42. The number of benzene rings is 2. The van der Waals surface area contributed by atoms with Gasteiger partial charge in [0.15, 0.2) is 23.2 Å². The van der Waals surface area contributed by atoms with Gasteiger partial charge in [-0.05, 0) is 25.1 Å². The van der Waals surface area contributed by atoms with E-state index in [-0.39, 0.29) is 34.0 Å². The minimum atomic E-state index is -1.78. The monoisotopic (exact) mass is 608 g/mol. The second kappa shape index (κ2) is 12.2. The fourth-order valence-electron chi connectivity index (χ4n) is 4.92. The van der Waals surface area contributed by atoms with Crippen LogP contribution < -0.4 is 14.9 Å². The molecule has 15 heteroatoms. The molecule has 0 amide bonds. The Kier molecular flexibility index (Phi) is 8.80. The number of phenols is 2. The average Bonchev–Trinajstić information content (AvgIpc) is 2.97. The number of phenolic OH excluding ortho intramolecular Hbond substituents is 2. The molecule has 3 aromatic rings. The molecule has 8 N–H and O–H groups in total.